The SMILES string of the molecule is CCOC(=O)OCCOc1ccc(C[C@@H]2CCCC[C@H]2O)cc1. The number of hydrogen-bond donors (Lipinski definition) is 1. The van der Waals surface area contributed by atoms with Crippen LogP contribution in [0.1, 0.15) is 38.2 Å². The summed E-state index contributed by atoms with van der Waals surface area (Å²) in [6.07, 6.45) is 4.45. The van der Waals surface area contributed by atoms with Crippen molar-refractivity contribution >= 4 is 6.16 Å². The van der Waals surface area contributed by atoms with E-state index in [0.29, 0.717) is 19.1 Å². The van der Waals surface area contributed by atoms with Crippen LogP contribution in [0.2, 0.25) is 0 Å². The Balaban J connectivity index is 1.70. The highest BCUT2D eigenvalue weighted by molar-refractivity contribution is 5.59. The fraction of sp³-hybridized carbons (Fsp3) is 0.611. The fourth-order valence-electron chi connectivity index (χ4n) is 2.89. The van der Waals surface area contributed by atoms with Gasteiger partial charge in [-0.1, -0.05) is 25.0 Å². The van der Waals surface area contributed by atoms with E-state index in [1.807, 2.05) is 24.3 Å². The minimum Gasteiger partial charge on any atom is -0.490 e. The van der Waals surface area contributed by atoms with Gasteiger partial charge in [0, 0.05) is 0 Å². The third kappa shape index (κ3) is 6.10. The molecule has 1 aromatic carbocycles. The van der Waals surface area contributed by atoms with E-state index in [1.54, 1.807) is 6.92 Å². The standard InChI is InChI=1S/C18H26O5/c1-2-21-18(20)23-12-11-22-16-9-7-14(8-10-16)13-15-5-3-4-6-17(15)19/h7-10,15,17,19H,2-6,11-13H2,1H3/t15-,17+/m0/s1. The Bertz CT molecular complexity index is 471. The normalized spacial score (nSPS) is 20.8. The van der Waals surface area contributed by atoms with Gasteiger partial charge in [-0.3, -0.25) is 0 Å². The Morgan fingerprint density at radius 2 is 1.87 bits per heavy atom. The van der Waals surface area contributed by atoms with E-state index < -0.39 is 6.16 Å². The molecule has 5 heteroatoms. The molecule has 0 radical (unpaired) electrons. The molecule has 0 aliphatic heterocycles. The minimum absolute atomic E-state index is 0.162. The lowest BCUT2D eigenvalue weighted by Crippen LogP contribution is -2.26. The molecule has 0 unspecified atom stereocenters. The Labute approximate surface area is 137 Å². The molecule has 1 fully saturated rings. The molecule has 0 spiro atoms. The minimum atomic E-state index is -0.669. The van der Waals surface area contributed by atoms with Crippen molar-refractivity contribution < 1.29 is 24.1 Å². The van der Waals surface area contributed by atoms with Crippen LogP contribution in [0.4, 0.5) is 4.79 Å². The highest BCUT2D eigenvalue weighted by Gasteiger charge is 2.22. The molecule has 0 amide bonds. The third-order valence-corrected chi connectivity index (χ3v) is 4.12. The molecule has 128 valence electrons. The molecule has 1 aromatic rings. The highest BCUT2D eigenvalue weighted by Crippen LogP contribution is 2.27. The largest absolute Gasteiger partial charge is 0.508 e. The molecule has 0 heterocycles. The van der Waals surface area contributed by atoms with Crippen molar-refractivity contribution in [3.8, 4) is 5.75 Å². The summed E-state index contributed by atoms with van der Waals surface area (Å²) in [6.45, 7) is 2.48. The van der Waals surface area contributed by atoms with E-state index in [0.717, 1.165) is 31.4 Å². The number of aliphatic hydroxyl groups excluding tert-OH is 1. The summed E-state index contributed by atoms with van der Waals surface area (Å²) < 4.78 is 15.0. The van der Waals surface area contributed by atoms with Crippen LogP contribution in [-0.4, -0.2) is 37.2 Å². The maximum Gasteiger partial charge on any atom is 0.508 e. The van der Waals surface area contributed by atoms with Gasteiger partial charge in [-0.05, 0) is 49.8 Å². The summed E-state index contributed by atoms with van der Waals surface area (Å²) in [5.74, 6) is 1.11. The first-order chi connectivity index (χ1) is 11.2. The second-order valence-corrected chi connectivity index (χ2v) is 5.84. The van der Waals surface area contributed by atoms with Gasteiger partial charge in [0.1, 0.15) is 19.0 Å². The lowest BCUT2D eigenvalue weighted by molar-refractivity contribution is 0.0495. The number of carbonyl (C=O) groups excluding carboxylic acids is 1. The van der Waals surface area contributed by atoms with Crippen molar-refractivity contribution in [3.05, 3.63) is 29.8 Å². The molecule has 1 saturated carbocycles. The van der Waals surface area contributed by atoms with E-state index in [1.165, 1.54) is 12.0 Å². The van der Waals surface area contributed by atoms with Crippen LogP contribution in [-0.2, 0) is 15.9 Å². The number of aliphatic hydroxyl groups is 1. The Morgan fingerprint density at radius 1 is 1.13 bits per heavy atom. The van der Waals surface area contributed by atoms with Crippen LogP contribution in [0.15, 0.2) is 24.3 Å². The molecular formula is C18H26O5. The second kappa shape index (κ2) is 9.40. The fourth-order valence-corrected chi connectivity index (χ4v) is 2.89. The summed E-state index contributed by atoms with van der Waals surface area (Å²) in [4.78, 5) is 11.0. The topological polar surface area (TPSA) is 65.0 Å². The van der Waals surface area contributed by atoms with Gasteiger partial charge in [-0.2, -0.15) is 0 Å². The van der Waals surface area contributed by atoms with Crippen molar-refractivity contribution in [1.29, 1.82) is 0 Å². The van der Waals surface area contributed by atoms with Gasteiger partial charge in [0.05, 0.1) is 12.7 Å². The summed E-state index contributed by atoms with van der Waals surface area (Å²) in [5.41, 5.74) is 1.21. The van der Waals surface area contributed by atoms with Crippen molar-refractivity contribution in [2.24, 2.45) is 5.92 Å². The van der Waals surface area contributed by atoms with E-state index in [9.17, 15) is 9.90 Å². The molecule has 0 saturated heterocycles. The summed E-state index contributed by atoms with van der Waals surface area (Å²) >= 11 is 0. The predicted octanol–water partition coefficient (Wildman–Crippen LogP) is 3.33. The van der Waals surface area contributed by atoms with Gasteiger partial charge < -0.3 is 19.3 Å². The average Bonchev–Trinajstić information content (AvgIpc) is 2.55. The first-order valence-electron chi connectivity index (χ1n) is 8.38. The van der Waals surface area contributed by atoms with E-state index in [-0.39, 0.29) is 12.7 Å². The summed E-state index contributed by atoms with van der Waals surface area (Å²) in [5, 5.41) is 10.0. The molecule has 1 aliphatic rings. The maximum atomic E-state index is 11.0. The molecule has 2 atom stereocenters. The molecule has 1 aliphatic carbocycles. The summed E-state index contributed by atoms with van der Waals surface area (Å²) in [7, 11) is 0. The molecule has 0 bridgehead atoms. The van der Waals surface area contributed by atoms with Gasteiger partial charge in [0.15, 0.2) is 0 Å². The smallest absolute Gasteiger partial charge is 0.490 e. The molecule has 2 rings (SSSR count). The third-order valence-electron chi connectivity index (χ3n) is 4.12. The zero-order chi connectivity index (χ0) is 16.5. The summed E-state index contributed by atoms with van der Waals surface area (Å²) in [6, 6.07) is 7.88. The molecule has 0 aromatic heterocycles. The monoisotopic (exact) mass is 322 g/mol. The Morgan fingerprint density at radius 3 is 2.57 bits per heavy atom. The Kier molecular flexibility index (Phi) is 7.20. The first kappa shape index (κ1) is 17.6. The van der Waals surface area contributed by atoms with Crippen molar-refractivity contribution in [3.63, 3.8) is 0 Å². The maximum absolute atomic E-state index is 11.0. The number of benzene rings is 1. The second-order valence-electron chi connectivity index (χ2n) is 5.84. The lowest BCUT2D eigenvalue weighted by atomic mass is 9.82. The molecule has 23 heavy (non-hydrogen) atoms. The van der Waals surface area contributed by atoms with Gasteiger partial charge in [-0.25, -0.2) is 4.79 Å². The lowest BCUT2D eigenvalue weighted by Gasteiger charge is -2.27. The quantitative estimate of drug-likeness (QED) is 0.616. The van der Waals surface area contributed by atoms with Crippen LogP contribution in [0.5, 0.6) is 5.75 Å². The van der Waals surface area contributed by atoms with Crippen molar-refractivity contribution in [1.82, 2.24) is 0 Å². The zero-order valence-corrected chi connectivity index (χ0v) is 13.7. The van der Waals surface area contributed by atoms with Crippen LogP contribution in [0.25, 0.3) is 0 Å². The molecular weight excluding hydrogens is 296 g/mol. The number of carbonyl (C=O) groups is 1. The first-order valence-corrected chi connectivity index (χ1v) is 8.38. The average molecular weight is 322 g/mol. The van der Waals surface area contributed by atoms with Crippen molar-refractivity contribution in [2.45, 2.75) is 45.1 Å². The number of hydrogen-bond acceptors (Lipinski definition) is 5. The van der Waals surface area contributed by atoms with Crippen LogP contribution in [0.3, 0.4) is 0 Å². The van der Waals surface area contributed by atoms with Gasteiger partial charge in [0.25, 0.3) is 0 Å². The van der Waals surface area contributed by atoms with Crippen LogP contribution in [0, 0.1) is 5.92 Å². The van der Waals surface area contributed by atoms with E-state index >= 15 is 0 Å². The zero-order valence-electron chi connectivity index (χ0n) is 13.7. The molecule has 5 nitrogen and oxygen atoms in total. The van der Waals surface area contributed by atoms with Gasteiger partial charge >= 0.3 is 6.16 Å². The number of rotatable bonds is 7. The number of ether oxygens (including phenoxy) is 3. The van der Waals surface area contributed by atoms with E-state index in [4.69, 9.17) is 9.47 Å². The molecule has 1 N–H and O–H groups in total. The van der Waals surface area contributed by atoms with Gasteiger partial charge in [0.2, 0.25) is 0 Å². The van der Waals surface area contributed by atoms with E-state index in [2.05, 4.69) is 4.74 Å². The van der Waals surface area contributed by atoms with Crippen molar-refractivity contribution in [2.75, 3.05) is 19.8 Å². The predicted molar refractivity (Wildman–Crippen MR) is 86.6 cm³/mol. The highest BCUT2D eigenvalue weighted by atomic mass is 16.7. The van der Waals surface area contributed by atoms with Crippen LogP contribution >= 0.6 is 0 Å². The van der Waals surface area contributed by atoms with Crippen LogP contribution < -0.4 is 4.74 Å². The Hall–Kier alpha value is -1.75. The van der Waals surface area contributed by atoms with Gasteiger partial charge in [-0.15, -0.1) is 0 Å².